The molecule has 1 unspecified atom stereocenters. The number of hydrogen-bond acceptors (Lipinski definition) is 5. The lowest BCUT2D eigenvalue weighted by atomic mass is 9.68. The molecule has 0 aromatic rings. The van der Waals surface area contributed by atoms with Crippen molar-refractivity contribution in [1.29, 1.82) is 0 Å². The Morgan fingerprint density at radius 2 is 1.57 bits per heavy atom. The Bertz CT molecular complexity index is 387. The molecule has 21 heavy (non-hydrogen) atoms. The Kier molecular flexibility index (Phi) is 6.18. The molecule has 1 saturated carbocycles. The van der Waals surface area contributed by atoms with Gasteiger partial charge in [-0.25, -0.2) is 0 Å². The summed E-state index contributed by atoms with van der Waals surface area (Å²) in [6.45, 7) is 3.67. The summed E-state index contributed by atoms with van der Waals surface area (Å²) in [7, 11) is 2.52. The molecule has 0 bridgehead atoms. The molecule has 1 fully saturated rings. The first kappa shape index (κ1) is 17.5. The molecule has 0 N–H and O–H groups in total. The van der Waals surface area contributed by atoms with Crippen LogP contribution in [0.2, 0.25) is 0 Å². The van der Waals surface area contributed by atoms with Gasteiger partial charge in [-0.15, -0.1) is 0 Å². The zero-order valence-electron chi connectivity index (χ0n) is 13.3. The third-order valence-electron chi connectivity index (χ3n) is 4.21. The Morgan fingerprint density at radius 1 is 1.05 bits per heavy atom. The number of hydrogen-bond donors (Lipinski definition) is 0. The predicted octanol–water partition coefficient (Wildman–Crippen LogP) is 1.38. The maximum absolute atomic E-state index is 12.7. The second kappa shape index (κ2) is 7.43. The Labute approximate surface area is 125 Å². The lowest BCUT2D eigenvalue weighted by Gasteiger charge is -2.39. The van der Waals surface area contributed by atoms with Gasteiger partial charge < -0.3 is 14.4 Å². The van der Waals surface area contributed by atoms with Gasteiger partial charge in [0.05, 0.1) is 14.2 Å². The van der Waals surface area contributed by atoms with E-state index in [0.717, 1.165) is 25.7 Å². The number of carbonyl (C=O) groups excluding carboxylic acids is 3. The van der Waals surface area contributed by atoms with Gasteiger partial charge in [-0.2, -0.15) is 0 Å². The first-order chi connectivity index (χ1) is 9.81. The fourth-order valence-electron chi connectivity index (χ4n) is 2.82. The summed E-state index contributed by atoms with van der Waals surface area (Å²) in [5.74, 6) is -1.43. The summed E-state index contributed by atoms with van der Waals surface area (Å²) in [5.41, 5.74) is -0.125. The van der Waals surface area contributed by atoms with E-state index in [4.69, 9.17) is 0 Å². The van der Waals surface area contributed by atoms with Crippen LogP contribution in [0.15, 0.2) is 0 Å². The third-order valence-corrected chi connectivity index (χ3v) is 4.21. The largest absolute Gasteiger partial charge is 0.468 e. The van der Waals surface area contributed by atoms with Crippen molar-refractivity contribution in [3.05, 3.63) is 0 Å². The second-order valence-electron chi connectivity index (χ2n) is 6.13. The van der Waals surface area contributed by atoms with Crippen molar-refractivity contribution in [1.82, 2.24) is 4.90 Å². The molecule has 0 aromatic carbocycles. The van der Waals surface area contributed by atoms with E-state index in [2.05, 4.69) is 23.3 Å². The van der Waals surface area contributed by atoms with Crippen molar-refractivity contribution in [2.45, 2.75) is 39.5 Å². The molecule has 0 aromatic heterocycles. The summed E-state index contributed by atoms with van der Waals surface area (Å²) >= 11 is 0. The highest BCUT2D eigenvalue weighted by atomic mass is 16.5. The zero-order valence-corrected chi connectivity index (χ0v) is 13.3. The van der Waals surface area contributed by atoms with Crippen LogP contribution >= 0.6 is 0 Å². The Balaban J connectivity index is 2.87. The quantitative estimate of drug-likeness (QED) is 0.717. The molecule has 6 nitrogen and oxygen atoms in total. The van der Waals surface area contributed by atoms with E-state index in [0.29, 0.717) is 0 Å². The number of nitrogens with zero attached hydrogens (tertiary/aromatic N) is 1. The molecule has 1 amide bonds. The van der Waals surface area contributed by atoms with Gasteiger partial charge in [0.15, 0.2) is 0 Å². The molecule has 1 aliphatic carbocycles. The van der Waals surface area contributed by atoms with Gasteiger partial charge in [-0.3, -0.25) is 14.4 Å². The summed E-state index contributed by atoms with van der Waals surface area (Å²) in [4.78, 5) is 36.9. The summed E-state index contributed by atoms with van der Waals surface area (Å²) in [5, 5.41) is 0. The highest BCUT2D eigenvalue weighted by molar-refractivity contribution is 5.87. The molecule has 1 aliphatic rings. The number of amides is 1. The van der Waals surface area contributed by atoms with E-state index >= 15 is 0 Å². The number of methoxy groups -OCH3 is 2. The van der Waals surface area contributed by atoms with Crippen LogP contribution in [0.4, 0.5) is 0 Å². The second-order valence-corrected chi connectivity index (χ2v) is 6.13. The van der Waals surface area contributed by atoms with Crippen molar-refractivity contribution in [3.8, 4) is 0 Å². The Hall–Kier alpha value is -1.59. The number of ether oxygens (including phenoxy) is 2. The third kappa shape index (κ3) is 4.72. The normalized spacial score (nSPS) is 20.5. The van der Waals surface area contributed by atoms with E-state index < -0.39 is 11.9 Å². The van der Waals surface area contributed by atoms with Crippen LogP contribution in [0.25, 0.3) is 0 Å². The van der Waals surface area contributed by atoms with Crippen LogP contribution in [0, 0.1) is 11.3 Å². The molecule has 120 valence electrons. The van der Waals surface area contributed by atoms with Crippen LogP contribution in [0.5, 0.6) is 0 Å². The lowest BCUT2D eigenvalue weighted by molar-refractivity contribution is -0.156. The van der Waals surface area contributed by atoms with Crippen molar-refractivity contribution in [3.63, 3.8) is 0 Å². The van der Waals surface area contributed by atoms with E-state index in [-0.39, 0.29) is 30.3 Å². The standard InChI is InChI=1S/C15H25NO5/c1-15(2)8-6-5-7-11(15)14(19)16(9-12(17)20-3)10-13(18)21-4/h11H,5-10H2,1-4H3. The summed E-state index contributed by atoms with van der Waals surface area (Å²) < 4.78 is 9.20. The monoisotopic (exact) mass is 299 g/mol. The maximum Gasteiger partial charge on any atom is 0.325 e. The SMILES string of the molecule is COC(=O)CN(CC(=O)OC)C(=O)C1CCCCC1(C)C. The van der Waals surface area contributed by atoms with E-state index in [9.17, 15) is 14.4 Å². The molecule has 0 heterocycles. The molecule has 1 rings (SSSR count). The molecule has 6 heteroatoms. The molecular formula is C15H25NO5. The maximum atomic E-state index is 12.7. The van der Waals surface area contributed by atoms with E-state index in [1.807, 2.05) is 0 Å². The topological polar surface area (TPSA) is 72.9 Å². The molecule has 0 saturated heterocycles. The van der Waals surface area contributed by atoms with Gasteiger partial charge in [0.25, 0.3) is 0 Å². The Morgan fingerprint density at radius 3 is 2.00 bits per heavy atom. The predicted molar refractivity (Wildman–Crippen MR) is 76.4 cm³/mol. The summed E-state index contributed by atoms with van der Waals surface area (Å²) in [6, 6.07) is 0. The fraction of sp³-hybridized carbons (Fsp3) is 0.800. The van der Waals surface area contributed by atoms with Gasteiger partial charge in [-0.05, 0) is 18.3 Å². The van der Waals surface area contributed by atoms with Gasteiger partial charge in [0.2, 0.25) is 5.91 Å². The van der Waals surface area contributed by atoms with Crippen molar-refractivity contribution in [2.75, 3.05) is 27.3 Å². The molecule has 0 aliphatic heterocycles. The smallest absolute Gasteiger partial charge is 0.325 e. The summed E-state index contributed by atoms with van der Waals surface area (Å²) in [6.07, 6.45) is 3.84. The van der Waals surface area contributed by atoms with Gasteiger partial charge >= 0.3 is 11.9 Å². The van der Waals surface area contributed by atoms with Gasteiger partial charge in [-0.1, -0.05) is 26.7 Å². The minimum absolute atomic E-state index is 0.125. The average molecular weight is 299 g/mol. The molecule has 1 atom stereocenters. The zero-order chi connectivity index (χ0) is 16.0. The number of esters is 2. The van der Waals surface area contributed by atoms with Crippen LogP contribution < -0.4 is 0 Å². The number of rotatable bonds is 5. The lowest BCUT2D eigenvalue weighted by Crippen LogP contribution is -2.47. The van der Waals surface area contributed by atoms with Crippen LogP contribution in [-0.4, -0.2) is 50.1 Å². The molecular weight excluding hydrogens is 274 g/mol. The van der Waals surface area contributed by atoms with Gasteiger partial charge in [0.1, 0.15) is 13.1 Å². The first-order valence-electron chi connectivity index (χ1n) is 7.24. The van der Waals surface area contributed by atoms with Crippen molar-refractivity contribution in [2.24, 2.45) is 11.3 Å². The van der Waals surface area contributed by atoms with Gasteiger partial charge in [0, 0.05) is 5.92 Å². The first-order valence-corrected chi connectivity index (χ1v) is 7.24. The van der Waals surface area contributed by atoms with Crippen LogP contribution in [0.3, 0.4) is 0 Å². The number of carbonyl (C=O) groups is 3. The highest BCUT2D eigenvalue weighted by Gasteiger charge is 2.40. The average Bonchev–Trinajstić information content (AvgIpc) is 2.45. The van der Waals surface area contributed by atoms with Crippen LogP contribution in [-0.2, 0) is 23.9 Å². The van der Waals surface area contributed by atoms with E-state index in [1.54, 1.807) is 0 Å². The molecule has 0 radical (unpaired) electrons. The van der Waals surface area contributed by atoms with E-state index in [1.165, 1.54) is 19.1 Å². The van der Waals surface area contributed by atoms with Crippen molar-refractivity contribution >= 4 is 17.8 Å². The highest BCUT2D eigenvalue weighted by Crippen LogP contribution is 2.41. The minimum Gasteiger partial charge on any atom is -0.468 e. The fourth-order valence-corrected chi connectivity index (χ4v) is 2.82. The van der Waals surface area contributed by atoms with Crippen molar-refractivity contribution < 1.29 is 23.9 Å². The van der Waals surface area contributed by atoms with Crippen LogP contribution in [0.1, 0.15) is 39.5 Å². The minimum atomic E-state index is -0.541. The molecule has 0 spiro atoms.